The zero-order valence-electron chi connectivity index (χ0n) is 27.9. The summed E-state index contributed by atoms with van der Waals surface area (Å²) in [6, 6.07) is 9.26. The van der Waals surface area contributed by atoms with Gasteiger partial charge in [0.25, 0.3) is 0 Å². The first-order chi connectivity index (χ1) is 19.0. The average molecular weight is 593 g/mol. The van der Waals surface area contributed by atoms with Crippen LogP contribution in [0.2, 0.25) is 0 Å². The molecule has 3 aliphatic heterocycles. The molecule has 0 aliphatic carbocycles. The summed E-state index contributed by atoms with van der Waals surface area (Å²) in [6.07, 6.45) is 7.67. The van der Waals surface area contributed by atoms with Crippen LogP contribution in [0.1, 0.15) is 92.7 Å². The normalized spacial score (nSPS) is 16.7. The van der Waals surface area contributed by atoms with Crippen LogP contribution in [0, 0.1) is 52.4 Å². The van der Waals surface area contributed by atoms with E-state index in [0.717, 1.165) is 39.6 Å². The standard InChI is InChI=1S/C23H31P2.3C4H8O.Li/c1-14-10-16(3)20(17(4)11-14)24-22(23(7,8)9)25-21-18(5)12-15(2)13-19(21)6;3*1-2-4-5-3-1;/h10-13H,1-9H3;3*1-4H2;/q;;;;+1. The Morgan fingerprint density at radius 1 is 0.512 bits per heavy atom. The second-order valence-electron chi connectivity index (χ2n) is 12.3. The second kappa shape index (κ2) is 20.7. The van der Waals surface area contributed by atoms with E-state index in [0.29, 0.717) is 0 Å². The molecule has 3 saturated heterocycles. The van der Waals surface area contributed by atoms with Crippen molar-refractivity contribution in [1.82, 2.24) is 0 Å². The number of hydrogen-bond acceptors (Lipinski definition) is 3. The fourth-order valence-corrected chi connectivity index (χ4v) is 7.66. The zero-order chi connectivity index (χ0) is 29.5. The molecule has 0 spiro atoms. The Morgan fingerprint density at radius 2 is 0.756 bits per heavy atom. The number of aryl methyl sites for hydroxylation is 6. The zero-order valence-corrected chi connectivity index (χ0v) is 29.7. The Hall–Kier alpha value is -0.223. The van der Waals surface area contributed by atoms with Crippen LogP contribution in [0.3, 0.4) is 0 Å². The van der Waals surface area contributed by atoms with Crippen molar-refractivity contribution in [1.29, 1.82) is 0 Å². The Morgan fingerprint density at radius 3 is 0.927 bits per heavy atom. The van der Waals surface area contributed by atoms with Gasteiger partial charge in [-0.05, 0) is 136 Å². The van der Waals surface area contributed by atoms with Gasteiger partial charge in [-0.3, -0.25) is 0 Å². The molecule has 2 aromatic rings. The van der Waals surface area contributed by atoms with E-state index < -0.39 is 0 Å². The largest absolute Gasteiger partial charge is 1.00 e. The van der Waals surface area contributed by atoms with E-state index in [2.05, 4.69) is 86.6 Å². The van der Waals surface area contributed by atoms with Crippen LogP contribution >= 0.6 is 17.2 Å². The van der Waals surface area contributed by atoms with Crippen molar-refractivity contribution in [3.05, 3.63) is 63.0 Å². The maximum absolute atomic E-state index is 4.94. The summed E-state index contributed by atoms with van der Waals surface area (Å²) in [5.74, 6) is 0. The van der Waals surface area contributed by atoms with Gasteiger partial charge in [-0.2, -0.15) is 0 Å². The quantitative estimate of drug-likeness (QED) is 0.308. The minimum Gasteiger partial charge on any atom is -0.381 e. The van der Waals surface area contributed by atoms with Crippen molar-refractivity contribution in [2.24, 2.45) is 5.41 Å². The van der Waals surface area contributed by atoms with Gasteiger partial charge in [0.2, 0.25) is 0 Å². The molecule has 41 heavy (non-hydrogen) atoms. The van der Waals surface area contributed by atoms with E-state index >= 15 is 0 Å². The van der Waals surface area contributed by atoms with Gasteiger partial charge >= 0.3 is 18.9 Å². The smallest absolute Gasteiger partial charge is 0.381 e. The first-order valence-corrected chi connectivity index (χ1v) is 17.0. The first kappa shape index (κ1) is 38.8. The molecule has 0 amide bonds. The minimum atomic E-state index is 0. The van der Waals surface area contributed by atoms with Crippen LogP contribution in [0.25, 0.3) is 0 Å². The number of hydrogen-bond donors (Lipinski definition) is 0. The van der Waals surface area contributed by atoms with Crippen LogP contribution in [-0.4, -0.2) is 39.6 Å². The molecule has 5 rings (SSSR count). The molecular weight excluding hydrogens is 537 g/mol. The molecule has 0 bridgehead atoms. The van der Waals surface area contributed by atoms with Crippen molar-refractivity contribution < 1.29 is 33.1 Å². The van der Waals surface area contributed by atoms with Crippen LogP contribution in [-0.2, 0) is 14.2 Å². The molecule has 3 aliphatic rings. The Kier molecular flexibility index (Phi) is 19.6. The van der Waals surface area contributed by atoms with Gasteiger partial charge in [0.15, 0.2) is 0 Å². The molecule has 3 fully saturated rings. The van der Waals surface area contributed by atoms with Crippen molar-refractivity contribution in [3.63, 3.8) is 0 Å². The van der Waals surface area contributed by atoms with E-state index in [9.17, 15) is 0 Å². The molecule has 3 radical (unpaired) electrons. The molecule has 3 nitrogen and oxygen atoms in total. The third-order valence-corrected chi connectivity index (χ3v) is 11.1. The molecule has 0 N–H and O–H groups in total. The molecular formula is C35H55LiO3P2+. The number of rotatable bonds is 4. The molecule has 6 heteroatoms. The predicted octanol–water partition coefficient (Wildman–Crippen LogP) is 6.31. The van der Waals surface area contributed by atoms with Gasteiger partial charge < -0.3 is 14.2 Å². The van der Waals surface area contributed by atoms with Crippen LogP contribution in [0.4, 0.5) is 0 Å². The van der Waals surface area contributed by atoms with E-state index in [4.69, 9.17) is 14.2 Å². The van der Waals surface area contributed by atoms with E-state index in [1.807, 2.05) is 0 Å². The second-order valence-corrected chi connectivity index (χ2v) is 14.8. The number of benzene rings is 2. The van der Waals surface area contributed by atoms with Gasteiger partial charge in [0.05, 0.1) is 0 Å². The van der Waals surface area contributed by atoms with E-state index in [1.54, 1.807) is 5.40 Å². The summed E-state index contributed by atoms with van der Waals surface area (Å²) in [6.45, 7) is 26.4. The van der Waals surface area contributed by atoms with Gasteiger partial charge in [-0.25, -0.2) is 0 Å². The molecule has 223 valence electrons. The van der Waals surface area contributed by atoms with Crippen LogP contribution < -0.4 is 29.5 Å². The summed E-state index contributed by atoms with van der Waals surface area (Å²) >= 11 is 0. The summed E-state index contributed by atoms with van der Waals surface area (Å²) < 4.78 is 14.8. The molecule has 0 aromatic heterocycles. The average Bonchev–Trinajstić information content (AvgIpc) is 3.68. The van der Waals surface area contributed by atoms with Crippen LogP contribution in [0.15, 0.2) is 24.3 Å². The first-order valence-electron chi connectivity index (χ1n) is 15.2. The van der Waals surface area contributed by atoms with Gasteiger partial charge in [0.1, 0.15) is 0 Å². The SMILES string of the molecule is C1CCOC1.C1CCOC1.C1CCOC1.Cc1cc(C)c([P][C]([P]c2c(C)cc(C)cc2C)C(C)(C)C)c(C)c1.[Li+]. The van der Waals surface area contributed by atoms with Gasteiger partial charge in [0, 0.05) is 45.0 Å². The van der Waals surface area contributed by atoms with Gasteiger partial charge in [-0.15, -0.1) is 0 Å². The maximum Gasteiger partial charge on any atom is 1.00 e. The molecule has 0 unspecified atom stereocenters. The monoisotopic (exact) mass is 592 g/mol. The van der Waals surface area contributed by atoms with E-state index in [1.165, 1.54) is 99.7 Å². The molecule has 0 saturated carbocycles. The Balaban J connectivity index is 0.000000419. The number of ether oxygens (including phenoxy) is 3. The van der Waals surface area contributed by atoms with Crippen molar-refractivity contribution >= 4 is 27.8 Å². The van der Waals surface area contributed by atoms with Crippen molar-refractivity contribution in [2.75, 3.05) is 39.6 Å². The Bertz CT molecular complexity index is 855. The van der Waals surface area contributed by atoms with Crippen molar-refractivity contribution in [2.45, 2.75) is 101 Å². The minimum absolute atomic E-state index is 0. The fourth-order valence-electron chi connectivity index (χ4n) is 4.80. The summed E-state index contributed by atoms with van der Waals surface area (Å²) in [5.41, 5.74) is 8.53. The maximum atomic E-state index is 4.94. The van der Waals surface area contributed by atoms with E-state index in [-0.39, 0.29) is 24.3 Å². The summed E-state index contributed by atoms with van der Waals surface area (Å²) in [7, 11) is 2.74. The fraction of sp³-hybridized carbons (Fsp3) is 0.629. The molecule has 2 aromatic carbocycles. The molecule has 3 heterocycles. The topological polar surface area (TPSA) is 27.7 Å². The third-order valence-electron chi connectivity index (χ3n) is 6.86. The van der Waals surface area contributed by atoms with Crippen molar-refractivity contribution in [3.8, 4) is 0 Å². The predicted molar refractivity (Wildman–Crippen MR) is 177 cm³/mol. The summed E-state index contributed by atoms with van der Waals surface area (Å²) in [4.78, 5) is 0. The van der Waals surface area contributed by atoms with Gasteiger partial charge in [-0.1, -0.05) is 56.2 Å². The third kappa shape index (κ3) is 15.4. The Labute approximate surface area is 268 Å². The summed E-state index contributed by atoms with van der Waals surface area (Å²) in [5, 5.41) is 4.52. The molecule has 0 atom stereocenters. The van der Waals surface area contributed by atoms with Crippen LogP contribution in [0.5, 0.6) is 0 Å².